The van der Waals surface area contributed by atoms with Gasteiger partial charge in [0.25, 0.3) is 6.43 Å². The lowest BCUT2D eigenvalue weighted by atomic mass is 10.2. The van der Waals surface area contributed by atoms with Gasteiger partial charge in [0.05, 0.1) is 18.6 Å². The van der Waals surface area contributed by atoms with Crippen molar-refractivity contribution >= 4 is 21.6 Å². The van der Waals surface area contributed by atoms with E-state index in [1.54, 1.807) is 12.4 Å². The van der Waals surface area contributed by atoms with Crippen LogP contribution in [0.15, 0.2) is 41.7 Å². The molecule has 19 heavy (non-hydrogen) atoms. The lowest BCUT2D eigenvalue weighted by Crippen LogP contribution is -2.07. The second kappa shape index (κ2) is 4.73. The van der Waals surface area contributed by atoms with Crippen molar-refractivity contribution in [3.05, 3.63) is 41.7 Å². The van der Waals surface area contributed by atoms with Crippen LogP contribution < -0.4 is 0 Å². The Balaban J connectivity index is 2.11. The summed E-state index contributed by atoms with van der Waals surface area (Å²) in [6, 6.07) is 3.67. The maximum atomic E-state index is 12.5. The van der Waals surface area contributed by atoms with Gasteiger partial charge in [0.15, 0.2) is 0 Å². The molecule has 0 aliphatic rings. The van der Waals surface area contributed by atoms with E-state index >= 15 is 0 Å². The van der Waals surface area contributed by atoms with Crippen LogP contribution in [0.25, 0.3) is 16.9 Å². The van der Waals surface area contributed by atoms with Gasteiger partial charge >= 0.3 is 0 Å². The van der Waals surface area contributed by atoms with Crippen LogP contribution >= 0.6 is 15.9 Å². The summed E-state index contributed by atoms with van der Waals surface area (Å²) < 4.78 is 28.9. The smallest absolute Gasteiger partial charge is 0.256 e. The van der Waals surface area contributed by atoms with Crippen molar-refractivity contribution < 1.29 is 8.78 Å². The van der Waals surface area contributed by atoms with Crippen molar-refractivity contribution in [1.82, 2.24) is 18.9 Å². The molecule has 3 heterocycles. The van der Waals surface area contributed by atoms with Crippen molar-refractivity contribution in [3.63, 3.8) is 0 Å². The predicted molar refractivity (Wildman–Crippen MR) is 70.1 cm³/mol. The number of fused-ring (bicyclic) bond motifs is 1. The Morgan fingerprint density at radius 1 is 1.26 bits per heavy atom. The summed E-state index contributed by atoms with van der Waals surface area (Å²) in [7, 11) is 0. The molecule has 0 aromatic carbocycles. The van der Waals surface area contributed by atoms with Crippen molar-refractivity contribution in [2.24, 2.45) is 0 Å². The molecule has 98 valence electrons. The third kappa shape index (κ3) is 2.25. The van der Waals surface area contributed by atoms with Crippen molar-refractivity contribution in [2.75, 3.05) is 0 Å². The van der Waals surface area contributed by atoms with Crippen molar-refractivity contribution in [2.45, 2.75) is 13.0 Å². The Morgan fingerprint density at radius 3 is 2.89 bits per heavy atom. The fourth-order valence-electron chi connectivity index (χ4n) is 1.99. The monoisotopic (exact) mass is 326 g/mol. The van der Waals surface area contributed by atoms with E-state index in [1.807, 2.05) is 22.7 Å². The number of alkyl halides is 2. The summed E-state index contributed by atoms with van der Waals surface area (Å²) >= 11 is 3.30. The molecule has 0 unspecified atom stereocenters. The predicted octanol–water partition coefficient (Wildman–Crippen LogP) is 3.23. The molecule has 3 aromatic heterocycles. The summed E-state index contributed by atoms with van der Waals surface area (Å²) in [4.78, 5) is 8.18. The van der Waals surface area contributed by atoms with E-state index in [9.17, 15) is 8.78 Å². The number of pyridine rings is 1. The number of rotatable bonds is 3. The minimum absolute atomic E-state index is 0.379. The summed E-state index contributed by atoms with van der Waals surface area (Å²) in [5.41, 5.74) is 2.24. The summed E-state index contributed by atoms with van der Waals surface area (Å²) in [5.74, 6) is 0. The van der Waals surface area contributed by atoms with E-state index in [0.29, 0.717) is 10.3 Å². The van der Waals surface area contributed by atoms with Crippen LogP contribution in [0.2, 0.25) is 0 Å². The fourth-order valence-corrected chi connectivity index (χ4v) is 2.54. The lowest BCUT2D eigenvalue weighted by Gasteiger charge is -2.08. The zero-order chi connectivity index (χ0) is 13.4. The number of halogens is 3. The molecule has 0 aliphatic heterocycles. The van der Waals surface area contributed by atoms with Gasteiger partial charge in [0, 0.05) is 24.2 Å². The van der Waals surface area contributed by atoms with Crippen LogP contribution in [0.4, 0.5) is 8.78 Å². The molecule has 0 atom stereocenters. The Bertz CT molecular complexity index is 719. The summed E-state index contributed by atoms with van der Waals surface area (Å²) in [6.07, 6.45) is 4.32. The van der Waals surface area contributed by atoms with Gasteiger partial charge in [-0.3, -0.25) is 0 Å². The Kier molecular flexibility index (Phi) is 3.06. The van der Waals surface area contributed by atoms with E-state index < -0.39 is 6.43 Å². The Labute approximate surface area is 115 Å². The standard InChI is InChI=1S/C12H9BrF2N4/c13-12-11(19(7-17-12)6-9(14)15)8-1-2-10-16-3-4-18(10)5-8/h1-5,7,9H,6H2. The molecule has 0 radical (unpaired) electrons. The molecule has 0 bridgehead atoms. The van der Waals surface area contributed by atoms with Crippen LogP contribution in [0.3, 0.4) is 0 Å². The van der Waals surface area contributed by atoms with E-state index in [-0.39, 0.29) is 6.54 Å². The highest BCUT2D eigenvalue weighted by Crippen LogP contribution is 2.28. The summed E-state index contributed by atoms with van der Waals surface area (Å²) in [5, 5.41) is 0. The first-order valence-electron chi connectivity index (χ1n) is 5.57. The average molecular weight is 327 g/mol. The minimum atomic E-state index is -2.42. The highest BCUT2D eigenvalue weighted by atomic mass is 79.9. The molecule has 7 heteroatoms. The third-order valence-corrected chi connectivity index (χ3v) is 3.37. The molecule has 0 saturated carbocycles. The SMILES string of the molecule is FC(F)Cn1cnc(Br)c1-c1ccc2nccn2c1. The number of imidazole rings is 2. The number of hydrogen-bond donors (Lipinski definition) is 0. The number of nitrogens with zero attached hydrogens (tertiary/aromatic N) is 4. The molecule has 0 spiro atoms. The van der Waals surface area contributed by atoms with Gasteiger partial charge in [-0.15, -0.1) is 0 Å². The third-order valence-electron chi connectivity index (χ3n) is 2.79. The van der Waals surface area contributed by atoms with Gasteiger partial charge in [-0.05, 0) is 28.1 Å². The van der Waals surface area contributed by atoms with Crippen LogP contribution in [0.5, 0.6) is 0 Å². The molecule has 0 amide bonds. The molecular formula is C12H9BrF2N4. The van der Waals surface area contributed by atoms with E-state index in [2.05, 4.69) is 25.9 Å². The first-order valence-corrected chi connectivity index (χ1v) is 6.36. The van der Waals surface area contributed by atoms with Crippen LogP contribution in [0, 0.1) is 0 Å². The maximum absolute atomic E-state index is 12.5. The minimum Gasteiger partial charge on any atom is -0.324 e. The first kappa shape index (κ1) is 12.3. The lowest BCUT2D eigenvalue weighted by molar-refractivity contribution is 0.127. The normalized spacial score (nSPS) is 11.6. The van der Waals surface area contributed by atoms with E-state index in [1.165, 1.54) is 10.9 Å². The molecule has 0 saturated heterocycles. The van der Waals surface area contributed by atoms with Crippen LogP contribution in [-0.2, 0) is 6.54 Å². The first-order chi connectivity index (χ1) is 9.15. The Morgan fingerprint density at radius 2 is 2.11 bits per heavy atom. The second-order valence-corrected chi connectivity index (χ2v) is 4.79. The molecule has 4 nitrogen and oxygen atoms in total. The van der Waals surface area contributed by atoms with Crippen molar-refractivity contribution in [1.29, 1.82) is 0 Å². The highest BCUT2D eigenvalue weighted by Gasteiger charge is 2.15. The molecule has 3 aromatic rings. The largest absolute Gasteiger partial charge is 0.324 e. The molecule has 0 fully saturated rings. The zero-order valence-electron chi connectivity index (χ0n) is 9.67. The van der Waals surface area contributed by atoms with Crippen molar-refractivity contribution in [3.8, 4) is 11.3 Å². The highest BCUT2D eigenvalue weighted by molar-refractivity contribution is 9.10. The quantitative estimate of drug-likeness (QED) is 0.740. The number of aromatic nitrogens is 4. The fraction of sp³-hybridized carbons (Fsp3) is 0.167. The second-order valence-electron chi connectivity index (χ2n) is 4.04. The van der Waals surface area contributed by atoms with Gasteiger partial charge in [0.2, 0.25) is 0 Å². The number of hydrogen-bond acceptors (Lipinski definition) is 2. The topological polar surface area (TPSA) is 35.1 Å². The summed E-state index contributed by atoms with van der Waals surface area (Å²) in [6.45, 7) is -0.379. The molecule has 0 N–H and O–H groups in total. The van der Waals surface area contributed by atoms with Gasteiger partial charge in [0.1, 0.15) is 10.3 Å². The van der Waals surface area contributed by atoms with E-state index in [4.69, 9.17) is 0 Å². The van der Waals surface area contributed by atoms with Gasteiger partial charge in [-0.1, -0.05) is 0 Å². The van der Waals surface area contributed by atoms with Crippen LogP contribution in [-0.4, -0.2) is 25.4 Å². The van der Waals surface area contributed by atoms with Gasteiger partial charge in [-0.25, -0.2) is 18.7 Å². The average Bonchev–Trinajstić information content (AvgIpc) is 2.94. The van der Waals surface area contributed by atoms with Gasteiger partial charge < -0.3 is 8.97 Å². The Hall–Kier alpha value is -1.76. The zero-order valence-corrected chi connectivity index (χ0v) is 11.3. The van der Waals surface area contributed by atoms with Crippen LogP contribution in [0.1, 0.15) is 0 Å². The maximum Gasteiger partial charge on any atom is 0.256 e. The molecular weight excluding hydrogens is 318 g/mol. The molecule has 3 rings (SSSR count). The van der Waals surface area contributed by atoms with E-state index in [0.717, 1.165) is 11.2 Å². The van der Waals surface area contributed by atoms with Gasteiger partial charge in [-0.2, -0.15) is 0 Å². The molecule has 0 aliphatic carbocycles.